The van der Waals surface area contributed by atoms with Crippen LogP contribution in [0.3, 0.4) is 0 Å². The fourth-order valence-corrected chi connectivity index (χ4v) is 3.18. The molecule has 0 radical (unpaired) electrons. The van der Waals surface area contributed by atoms with Crippen molar-refractivity contribution in [2.75, 3.05) is 18.0 Å². The number of aliphatic hydroxyl groups is 1. The maximum Gasteiger partial charge on any atom is 0.128 e. The summed E-state index contributed by atoms with van der Waals surface area (Å²) in [5.74, 6) is 1.09. The van der Waals surface area contributed by atoms with Gasteiger partial charge in [0.2, 0.25) is 0 Å². The highest BCUT2D eigenvalue weighted by atomic mass is 16.3. The SMILES string of the molecule is CC(CC(O)c1ccccc1)NCc1ccc(N2CCCC2)nc1. The second-order valence-corrected chi connectivity index (χ2v) is 6.66. The lowest BCUT2D eigenvalue weighted by Gasteiger charge is -2.19. The first-order valence-corrected chi connectivity index (χ1v) is 8.88. The predicted octanol–water partition coefficient (Wildman–Crippen LogP) is 3.28. The zero-order valence-corrected chi connectivity index (χ0v) is 14.4. The Labute approximate surface area is 144 Å². The van der Waals surface area contributed by atoms with Crippen LogP contribution in [0.5, 0.6) is 0 Å². The minimum Gasteiger partial charge on any atom is -0.388 e. The van der Waals surface area contributed by atoms with Gasteiger partial charge in [-0.3, -0.25) is 0 Å². The summed E-state index contributed by atoms with van der Waals surface area (Å²) in [6, 6.07) is 14.3. The number of anilines is 1. The van der Waals surface area contributed by atoms with Gasteiger partial charge < -0.3 is 15.3 Å². The third-order valence-electron chi connectivity index (χ3n) is 4.65. The lowest BCUT2D eigenvalue weighted by molar-refractivity contribution is 0.154. The molecule has 2 heterocycles. The summed E-state index contributed by atoms with van der Waals surface area (Å²) >= 11 is 0. The van der Waals surface area contributed by atoms with Crippen molar-refractivity contribution in [3.8, 4) is 0 Å². The Morgan fingerprint density at radius 2 is 1.88 bits per heavy atom. The van der Waals surface area contributed by atoms with E-state index < -0.39 is 6.10 Å². The Balaban J connectivity index is 1.46. The lowest BCUT2D eigenvalue weighted by Crippen LogP contribution is -2.27. The molecule has 0 aliphatic carbocycles. The summed E-state index contributed by atoms with van der Waals surface area (Å²) in [6.45, 7) is 5.13. The molecule has 128 valence electrons. The number of aromatic nitrogens is 1. The molecule has 1 aliphatic heterocycles. The minimum atomic E-state index is -0.427. The van der Waals surface area contributed by atoms with Crippen molar-refractivity contribution in [3.63, 3.8) is 0 Å². The molecule has 3 rings (SSSR count). The summed E-state index contributed by atoms with van der Waals surface area (Å²) in [5, 5.41) is 13.8. The fraction of sp³-hybridized carbons (Fsp3) is 0.450. The number of hydrogen-bond acceptors (Lipinski definition) is 4. The largest absolute Gasteiger partial charge is 0.388 e. The zero-order chi connectivity index (χ0) is 16.8. The average molecular weight is 325 g/mol. The summed E-state index contributed by atoms with van der Waals surface area (Å²) in [5.41, 5.74) is 2.15. The molecule has 1 saturated heterocycles. The van der Waals surface area contributed by atoms with E-state index >= 15 is 0 Å². The second-order valence-electron chi connectivity index (χ2n) is 6.66. The number of pyridine rings is 1. The molecule has 2 N–H and O–H groups in total. The van der Waals surface area contributed by atoms with Crippen LogP contribution in [0.25, 0.3) is 0 Å². The van der Waals surface area contributed by atoms with E-state index in [0.29, 0.717) is 6.42 Å². The molecule has 4 nitrogen and oxygen atoms in total. The molecule has 24 heavy (non-hydrogen) atoms. The van der Waals surface area contributed by atoms with Gasteiger partial charge in [-0.25, -0.2) is 4.98 Å². The van der Waals surface area contributed by atoms with Crippen LogP contribution >= 0.6 is 0 Å². The molecule has 2 unspecified atom stereocenters. The van der Waals surface area contributed by atoms with Crippen molar-refractivity contribution in [1.29, 1.82) is 0 Å². The summed E-state index contributed by atoms with van der Waals surface area (Å²) < 4.78 is 0. The Bertz CT molecular complexity index is 609. The number of rotatable bonds is 7. The Morgan fingerprint density at radius 1 is 1.12 bits per heavy atom. The van der Waals surface area contributed by atoms with Crippen molar-refractivity contribution in [1.82, 2.24) is 10.3 Å². The highest BCUT2D eigenvalue weighted by Crippen LogP contribution is 2.19. The Morgan fingerprint density at radius 3 is 2.54 bits per heavy atom. The monoisotopic (exact) mass is 325 g/mol. The van der Waals surface area contributed by atoms with E-state index in [1.54, 1.807) is 0 Å². The summed E-state index contributed by atoms with van der Waals surface area (Å²) in [6.07, 6.45) is 4.77. The van der Waals surface area contributed by atoms with Gasteiger partial charge in [0.15, 0.2) is 0 Å². The van der Waals surface area contributed by atoms with Crippen LogP contribution in [0.15, 0.2) is 48.7 Å². The van der Waals surface area contributed by atoms with Crippen LogP contribution in [0.1, 0.15) is 43.4 Å². The lowest BCUT2D eigenvalue weighted by atomic mass is 10.0. The van der Waals surface area contributed by atoms with E-state index in [-0.39, 0.29) is 6.04 Å². The summed E-state index contributed by atoms with van der Waals surface area (Å²) in [4.78, 5) is 6.93. The van der Waals surface area contributed by atoms with Crippen molar-refractivity contribution < 1.29 is 5.11 Å². The van der Waals surface area contributed by atoms with Gasteiger partial charge in [-0.05, 0) is 43.4 Å². The molecule has 2 atom stereocenters. The molecule has 2 aromatic rings. The molecule has 0 bridgehead atoms. The number of benzene rings is 1. The van der Waals surface area contributed by atoms with Crippen LogP contribution in [0.2, 0.25) is 0 Å². The molecular formula is C20H27N3O. The molecular weight excluding hydrogens is 298 g/mol. The first kappa shape index (κ1) is 16.9. The van der Waals surface area contributed by atoms with E-state index in [2.05, 4.69) is 34.3 Å². The van der Waals surface area contributed by atoms with Crippen LogP contribution in [0.4, 0.5) is 5.82 Å². The number of aliphatic hydroxyl groups excluding tert-OH is 1. The maximum absolute atomic E-state index is 10.3. The molecule has 0 saturated carbocycles. The van der Waals surface area contributed by atoms with Crippen molar-refractivity contribution in [2.45, 2.75) is 44.9 Å². The van der Waals surface area contributed by atoms with Gasteiger partial charge in [-0.15, -0.1) is 0 Å². The zero-order valence-electron chi connectivity index (χ0n) is 14.4. The molecule has 0 amide bonds. The fourth-order valence-electron chi connectivity index (χ4n) is 3.18. The molecule has 1 aromatic carbocycles. The van der Waals surface area contributed by atoms with Gasteiger partial charge >= 0.3 is 0 Å². The van der Waals surface area contributed by atoms with E-state index in [1.807, 2.05) is 36.5 Å². The Kier molecular flexibility index (Phi) is 5.83. The molecule has 1 aromatic heterocycles. The van der Waals surface area contributed by atoms with Crippen molar-refractivity contribution in [2.24, 2.45) is 0 Å². The first-order chi connectivity index (χ1) is 11.7. The van der Waals surface area contributed by atoms with Gasteiger partial charge in [0.05, 0.1) is 6.10 Å². The van der Waals surface area contributed by atoms with E-state index in [1.165, 1.54) is 18.4 Å². The van der Waals surface area contributed by atoms with Crippen LogP contribution in [-0.2, 0) is 6.54 Å². The van der Waals surface area contributed by atoms with Crippen molar-refractivity contribution >= 4 is 5.82 Å². The van der Waals surface area contributed by atoms with E-state index in [0.717, 1.165) is 31.0 Å². The number of nitrogens with one attached hydrogen (secondary N) is 1. The molecule has 1 aliphatic rings. The smallest absolute Gasteiger partial charge is 0.128 e. The van der Waals surface area contributed by atoms with Crippen LogP contribution in [0, 0.1) is 0 Å². The summed E-state index contributed by atoms with van der Waals surface area (Å²) in [7, 11) is 0. The topological polar surface area (TPSA) is 48.4 Å². The predicted molar refractivity (Wildman–Crippen MR) is 98.0 cm³/mol. The van der Waals surface area contributed by atoms with Crippen molar-refractivity contribution in [3.05, 3.63) is 59.8 Å². The normalized spacial score (nSPS) is 17.0. The number of nitrogens with zero attached hydrogens (tertiary/aromatic N) is 2. The molecule has 4 heteroatoms. The van der Waals surface area contributed by atoms with Gasteiger partial charge in [-0.2, -0.15) is 0 Å². The average Bonchev–Trinajstić information content (AvgIpc) is 3.16. The Hall–Kier alpha value is -1.91. The van der Waals surface area contributed by atoms with Gasteiger partial charge in [0.25, 0.3) is 0 Å². The molecule has 0 spiro atoms. The van der Waals surface area contributed by atoms with E-state index in [4.69, 9.17) is 0 Å². The standard InChI is InChI=1S/C20H27N3O/c1-16(13-19(24)18-7-3-2-4-8-18)21-14-17-9-10-20(22-15-17)23-11-5-6-12-23/h2-4,7-10,15-16,19,21,24H,5-6,11-14H2,1H3. The number of hydrogen-bond donors (Lipinski definition) is 2. The van der Waals surface area contributed by atoms with Crippen LogP contribution in [-0.4, -0.2) is 29.2 Å². The minimum absolute atomic E-state index is 0.235. The van der Waals surface area contributed by atoms with Gasteiger partial charge in [0, 0.05) is 31.9 Å². The van der Waals surface area contributed by atoms with Gasteiger partial charge in [-0.1, -0.05) is 36.4 Å². The maximum atomic E-state index is 10.3. The van der Waals surface area contributed by atoms with Gasteiger partial charge in [0.1, 0.15) is 5.82 Å². The first-order valence-electron chi connectivity index (χ1n) is 8.88. The third-order valence-corrected chi connectivity index (χ3v) is 4.65. The highest BCUT2D eigenvalue weighted by molar-refractivity contribution is 5.40. The molecule has 1 fully saturated rings. The highest BCUT2D eigenvalue weighted by Gasteiger charge is 2.14. The quantitative estimate of drug-likeness (QED) is 0.820. The van der Waals surface area contributed by atoms with Crippen LogP contribution < -0.4 is 10.2 Å². The second kappa shape index (κ2) is 8.27. The van der Waals surface area contributed by atoms with E-state index in [9.17, 15) is 5.11 Å². The third kappa shape index (κ3) is 4.56.